The van der Waals surface area contributed by atoms with Gasteiger partial charge in [0.2, 0.25) is 0 Å². The first kappa shape index (κ1) is 16.9. The molecule has 0 saturated carbocycles. The Hall–Kier alpha value is -2.55. The minimum Gasteiger partial charge on any atom is -0.273 e. The summed E-state index contributed by atoms with van der Waals surface area (Å²) >= 11 is 12.7. The highest BCUT2D eigenvalue weighted by Crippen LogP contribution is 2.46. The van der Waals surface area contributed by atoms with E-state index in [1.165, 1.54) is 5.56 Å². The van der Waals surface area contributed by atoms with Gasteiger partial charge in [0, 0.05) is 5.56 Å². The number of benzene rings is 3. The van der Waals surface area contributed by atoms with E-state index in [4.69, 9.17) is 23.2 Å². The van der Waals surface area contributed by atoms with Crippen LogP contribution in [0.25, 0.3) is 11.6 Å². The summed E-state index contributed by atoms with van der Waals surface area (Å²) < 4.78 is 0. The summed E-state index contributed by atoms with van der Waals surface area (Å²) in [5, 5.41) is 0.884. The van der Waals surface area contributed by atoms with Crippen molar-refractivity contribution in [1.82, 2.24) is 0 Å². The summed E-state index contributed by atoms with van der Waals surface area (Å²) in [6.45, 7) is 2.04. The van der Waals surface area contributed by atoms with Crippen LogP contribution in [0.4, 0.5) is 11.4 Å². The fraction of sp³-hybridized carbons (Fsp3) is 0.0455. The molecule has 0 fully saturated rings. The van der Waals surface area contributed by atoms with Gasteiger partial charge >= 0.3 is 0 Å². The molecule has 3 aromatic rings. The van der Waals surface area contributed by atoms with Crippen LogP contribution in [-0.4, -0.2) is 5.91 Å². The van der Waals surface area contributed by atoms with Crippen molar-refractivity contribution in [3.8, 4) is 0 Å². The standard InChI is InChI=1S/C22H15Cl2NO/c1-14-9-11-15(12-10-14)13-17-16-5-2-3-8-20(16)25(22(17)26)21-18(23)6-4-7-19(21)24/h2-13H,1H3. The van der Waals surface area contributed by atoms with Gasteiger partial charge in [0.05, 0.1) is 27.0 Å². The average molecular weight is 380 g/mol. The minimum atomic E-state index is -0.137. The number of rotatable bonds is 2. The SMILES string of the molecule is Cc1ccc(C=C2C(=O)N(c3c(Cl)cccc3Cl)c3ccccc32)cc1. The average Bonchev–Trinajstić information content (AvgIpc) is 2.90. The van der Waals surface area contributed by atoms with Crippen LogP contribution in [0, 0.1) is 6.92 Å². The monoisotopic (exact) mass is 379 g/mol. The molecule has 128 valence electrons. The third-order valence-corrected chi connectivity index (χ3v) is 5.03. The summed E-state index contributed by atoms with van der Waals surface area (Å²) in [7, 11) is 0. The van der Waals surface area contributed by atoms with Crippen molar-refractivity contribution in [3.05, 3.63) is 93.5 Å². The number of halogens is 2. The molecule has 0 atom stereocenters. The van der Waals surface area contributed by atoms with Gasteiger partial charge in [0.15, 0.2) is 0 Å². The summed E-state index contributed by atoms with van der Waals surface area (Å²) in [5.74, 6) is -0.137. The van der Waals surface area contributed by atoms with Gasteiger partial charge in [-0.2, -0.15) is 0 Å². The Morgan fingerprint density at radius 2 is 1.50 bits per heavy atom. The smallest absolute Gasteiger partial charge is 0.263 e. The van der Waals surface area contributed by atoms with Crippen LogP contribution >= 0.6 is 23.2 Å². The van der Waals surface area contributed by atoms with Crippen LogP contribution in [-0.2, 0) is 4.79 Å². The van der Waals surface area contributed by atoms with E-state index in [1.54, 1.807) is 23.1 Å². The van der Waals surface area contributed by atoms with Gasteiger partial charge < -0.3 is 0 Å². The van der Waals surface area contributed by atoms with E-state index < -0.39 is 0 Å². The number of nitrogens with zero attached hydrogens (tertiary/aromatic N) is 1. The maximum Gasteiger partial charge on any atom is 0.263 e. The van der Waals surface area contributed by atoms with E-state index in [9.17, 15) is 4.79 Å². The lowest BCUT2D eigenvalue weighted by Gasteiger charge is -2.20. The molecule has 3 aromatic carbocycles. The van der Waals surface area contributed by atoms with Crippen molar-refractivity contribution in [3.63, 3.8) is 0 Å². The first-order valence-corrected chi connectivity index (χ1v) is 8.98. The fourth-order valence-electron chi connectivity index (χ4n) is 3.13. The van der Waals surface area contributed by atoms with Crippen LogP contribution in [0.15, 0.2) is 66.7 Å². The maximum atomic E-state index is 13.3. The van der Waals surface area contributed by atoms with Gasteiger partial charge in [0.1, 0.15) is 0 Å². The third kappa shape index (κ3) is 2.82. The Kier molecular flexibility index (Phi) is 4.31. The molecule has 0 aliphatic carbocycles. The number of amides is 1. The second-order valence-corrected chi connectivity index (χ2v) is 7.01. The van der Waals surface area contributed by atoms with E-state index >= 15 is 0 Å². The lowest BCUT2D eigenvalue weighted by molar-refractivity contribution is -0.112. The molecule has 1 amide bonds. The summed E-state index contributed by atoms with van der Waals surface area (Å²) in [6, 6.07) is 21.0. The van der Waals surface area contributed by atoms with Crippen molar-refractivity contribution < 1.29 is 4.79 Å². The molecular weight excluding hydrogens is 365 g/mol. The van der Waals surface area contributed by atoms with E-state index in [2.05, 4.69) is 0 Å². The highest BCUT2D eigenvalue weighted by molar-refractivity contribution is 6.44. The largest absolute Gasteiger partial charge is 0.273 e. The molecule has 1 aliphatic rings. The molecular formula is C22H15Cl2NO. The van der Waals surface area contributed by atoms with Gasteiger partial charge in [-0.15, -0.1) is 0 Å². The molecule has 0 saturated heterocycles. The Balaban J connectivity index is 1.90. The number of anilines is 2. The van der Waals surface area contributed by atoms with Gasteiger partial charge in [0.25, 0.3) is 5.91 Å². The van der Waals surface area contributed by atoms with Gasteiger partial charge in [-0.1, -0.05) is 77.3 Å². The lowest BCUT2D eigenvalue weighted by atomic mass is 10.0. The van der Waals surface area contributed by atoms with E-state index in [0.29, 0.717) is 21.3 Å². The number of carbonyl (C=O) groups is 1. The lowest BCUT2D eigenvalue weighted by Crippen LogP contribution is -2.21. The summed E-state index contributed by atoms with van der Waals surface area (Å²) in [4.78, 5) is 14.9. The van der Waals surface area contributed by atoms with Crippen LogP contribution in [0.1, 0.15) is 16.7 Å². The number of hydrogen-bond acceptors (Lipinski definition) is 1. The fourth-order valence-corrected chi connectivity index (χ4v) is 3.70. The van der Waals surface area contributed by atoms with Crippen LogP contribution < -0.4 is 4.90 Å². The number of fused-ring (bicyclic) bond motifs is 1. The molecule has 0 bridgehead atoms. The number of carbonyl (C=O) groups excluding carboxylic acids is 1. The first-order chi connectivity index (χ1) is 12.6. The Labute approximate surface area is 162 Å². The predicted molar refractivity (Wildman–Crippen MR) is 109 cm³/mol. The van der Waals surface area contributed by atoms with Crippen LogP contribution in [0.3, 0.4) is 0 Å². The van der Waals surface area contributed by atoms with Gasteiger partial charge in [-0.05, 0) is 36.8 Å². The number of aryl methyl sites for hydroxylation is 1. The highest BCUT2D eigenvalue weighted by Gasteiger charge is 2.35. The summed E-state index contributed by atoms with van der Waals surface area (Å²) in [6.07, 6.45) is 1.91. The molecule has 2 nitrogen and oxygen atoms in total. The second kappa shape index (κ2) is 6.64. The zero-order valence-electron chi connectivity index (χ0n) is 14.0. The minimum absolute atomic E-state index is 0.137. The van der Waals surface area contributed by atoms with Crippen molar-refractivity contribution >= 4 is 52.1 Å². The van der Waals surface area contributed by atoms with Gasteiger partial charge in [-0.25, -0.2) is 0 Å². The Bertz CT molecular complexity index is 1020. The van der Waals surface area contributed by atoms with E-state index in [0.717, 1.165) is 16.8 Å². The number of para-hydroxylation sites is 2. The van der Waals surface area contributed by atoms with E-state index in [-0.39, 0.29) is 5.91 Å². The van der Waals surface area contributed by atoms with Crippen molar-refractivity contribution in [2.75, 3.05) is 4.90 Å². The zero-order chi connectivity index (χ0) is 18.3. The predicted octanol–water partition coefficient (Wildman–Crippen LogP) is 6.52. The second-order valence-electron chi connectivity index (χ2n) is 6.20. The van der Waals surface area contributed by atoms with Crippen LogP contribution in [0.2, 0.25) is 10.0 Å². The topological polar surface area (TPSA) is 20.3 Å². The molecule has 0 unspecified atom stereocenters. The quantitative estimate of drug-likeness (QED) is 0.464. The van der Waals surface area contributed by atoms with Crippen molar-refractivity contribution in [1.29, 1.82) is 0 Å². The third-order valence-electron chi connectivity index (χ3n) is 4.42. The highest BCUT2D eigenvalue weighted by atomic mass is 35.5. The molecule has 0 aromatic heterocycles. The summed E-state index contributed by atoms with van der Waals surface area (Å²) in [5.41, 5.74) is 4.94. The van der Waals surface area contributed by atoms with Crippen LogP contribution in [0.5, 0.6) is 0 Å². The van der Waals surface area contributed by atoms with E-state index in [1.807, 2.05) is 61.5 Å². The zero-order valence-corrected chi connectivity index (χ0v) is 15.6. The molecule has 1 heterocycles. The normalized spacial score (nSPS) is 14.8. The Morgan fingerprint density at radius 1 is 0.846 bits per heavy atom. The van der Waals surface area contributed by atoms with Crippen molar-refractivity contribution in [2.45, 2.75) is 6.92 Å². The molecule has 0 radical (unpaired) electrons. The van der Waals surface area contributed by atoms with Gasteiger partial charge in [-0.3, -0.25) is 9.69 Å². The Morgan fingerprint density at radius 3 is 2.19 bits per heavy atom. The maximum absolute atomic E-state index is 13.3. The molecule has 0 N–H and O–H groups in total. The first-order valence-electron chi connectivity index (χ1n) is 8.22. The number of hydrogen-bond donors (Lipinski definition) is 0. The molecule has 26 heavy (non-hydrogen) atoms. The van der Waals surface area contributed by atoms with Crippen molar-refractivity contribution in [2.24, 2.45) is 0 Å². The molecule has 4 heteroatoms. The molecule has 1 aliphatic heterocycles. The molecule has 4 rings (SSSR count). The molecule has 0 spiro atoms.